The molecular formula is C19H21ClF2N4O4. The third-order valence-electron chi connectivity index (χ3n) is 5.85. The van der Waals surface area contributed by atoms with Gasteiger partial charge in [0.25, 0.3) is 0 Å². The van der Waals surface area contributed by atoms with E-state index in [4.69, 9.17) is 11.5 Å². The molecule has 0 spiro atoms. The van der Waals surface area contributed by atoms with E-state index in [1.54, 1.807) is 6.92 Å². The molecule has 0 radical (unpaired) electrons. The first-order valence-corrected chi connectivity index (χ1v) is 9.17. The zero-order valence-electron chi connectivity index (χ0n) is 16.1. The number of nitrogen functional groups attached to an aromatic ring is 1. The lowest BCUT2D eigenvalue weighted by molar-refractivity contribution is -0.123. The zero-order chi connectivity index (χ0) is 21.2. The average molecular weight is 443 g/mol. The average Bonchev–Trinajstić information content (AvgIpc) is 3.46. The number of nitrogens with zero attached hydrogens (tertiary/aromatic N) is 2. The summed E-state index contributed by atoms with van der Waals surface area (Å²) < 4.78 is 32.1. The number of aromatic nitrogens is 1. The van der Waals surface area contributed by atoms with E-state index in [0.717, 1.165) is 6.20 Å². The zero-order valence-corrected chi connectivity index (χ0v) is 16.9. The topological polar surface area (TPSA) is 132 Å². The van der Waals surface area contributed by atoms with Gasteiger partial charge in [0, 0.05) is 25.3 Å². The molecule has 1 aliphatic carbocycles. The van der Waals surface area contributed by atoms with Crippen LogP contribution in [0.5, 0.6) is 0 Å². The van der Waals surface area contributed by atoms with E-state index in [1.165, 1.54) is 9.47 Å². The second-order valence-corrected chi connectivity index (χ2v) is 7.97. The van der Waals surface area contributed by atoms with Crippen molar-refractivity contribution in [1.29, 1.82) is 0 Å². The number of benzene rings is 1. The van der Waals surface area contributed by atoms with Gasteiger partial charge in [-0.15, -0.1) is 12.4 Å². The highest BCUT2D eigenvalue weighted by molar-refractivity contribution is 6.01. The Morgan fingerprint density at radius 3 is 2.43 bits per heavy atom. The minimum Gasteiger partial charge on any atom is -0.477 e. The number of halogens is 3. The molecule has 5 N–H and O–H groups in total. The number of ketones is 1. The number of rotatable bonds is 4. The molecule has 30 heavy (non-hydrogen) atoms. The maximum Gasteiger partial charge on any atom is 0.341 e. The molecule has 1 aromatic carbocycles. The third kappa shape index (κ3) is 3.02. The Bertz CT molecular complexity index is 1150. The second-order valence-electron chi connectivity index (χ2n) is 7.97. The summed E-state index contributed by atoms with van der Waals surface area (Å²) in [6.07, 6.45) is 2.40. The van der Waals surface area contributed by atoms with Gasteiger partial charge < -0.3 is 26.0 Å². The summed E-state index contributed by atoms with van der Waals surface area (Å²) in [5.41, 5.74) is 7.56. The van der Waals surface area contributed by atoms with Crippen molar-refractivity contribution in [3.05, 3.63) is 33.6 Å². The summed E-state index contributed by atoms with van der Waals surface area (Å²) in [6.45, 7) is 1.40. The fraction of sp³-hybridized carbons (Fsp3) is 0.421. The Balaban J connectivity index is 0.00000256. The standard InChI is InChI=1S/C19H20F2N4O4.ClH/c1-19(6-22)7-24(5-10(19)26)16-12(20)14(23)11-15(13(16)21)25(8-2-3-8)4-9(17(11)27)18(28)29;/h4,8H,2-3,5-7,22-23H2,1H3,(H,28,29);1H. The van der Waals surface area contributed by atoms with E-state index in [1.807, 2.05) is 0 Å². The van der Waals surface area contributed by atoms with Crippen molar-refractivity contribution >= 4 is 46.4 Å². The molecule has 0 bridgehead atoms. The number of hydrogen-bond acceptors (Lipinski definition) is 6. The number of fused-ring (bicyclic) bond motifs is 1. The van der Waals surface area contributed by atoms with E-state index >= 15 is 8.78 Å². The highest BCUT2D eigenvalue weighted by atomic mass is 35.5. The van der Waals surface area contributed by atoms with Crippen LogP contribution in [0.1, 0.15) is 36.2 Å². The summed E-state index contributed by atoms with van der Waals surface area (Å²) in [4.78, 5) is 37.7. The van der Waals surface area contributed by atoms with Crippen molar-refractivity contribution in [2.75, 3.05) is 30.3 Å². The van der Waals surface area contributed by atoms with Crippen LogP contribution in [0.25, 0.3) is 10.9 Å². The predicted molar refractivity (Wildman–Crippen MR) is 109 cm³/mol. The van der Waals surface area contributed by atoms with Crippen LogP contribution >= 0.6 is 12.4 Å². The van der Waals surface area contributed by atoms with Crippen molar-refractivity contribution in [3.8, 4) is 0 Å². The molecule has 1 aliphatic heterocycles. The van der Waals surface area contributed by atoms with Gasteiger partial charge in [-0.3, -0.25) is 9.59 Å². The predicted octanol–water partition coefficient (Wildman–Crippen LogP) is 1.67. The first-order chi connectivity index (χ1) is 13.6. The molecule has 1 unspecified atom stereocenters. The van der Waals surface area contributed by atoms with Crippen LogP contribution in [0.15, 0.2) is 11.0 Å². The first kappa shape index (κ1) is 22.0. The van der Waals surface area contributed by atoms with Gasteiger partial charge in [-0.1, -0.05) is 0 Å². The second kappa shape index (κ2) is 7.21. The van der Waals surface area contributed by atoms with Gasteiger partial charge in [-0.25, -0.2) is 13.6 Å². The summed E-state index contributed by atoms with van der Waals surface area (Å²) in [5.74, 6) is -3.98. The number of hydrogen-bond donors (Lipinski definition) is 3. The van der Waals surface area contributed by atoms with Crippen LogP contribution in [0, 0.1) is 17.0 Å². The van der Waals surface area contributed by atoms with Crippen molar-refractivity contribution < 1.29 is 23.5 Å². The monoisotopic (exact) mass is 442 g/mol. The maximum atomic E-state index is 15.6. The number of nitrogens with two attached hydrogens (primary N) is 2. The molecule has 1 saturated heterocycles. The molecule has 2 aliphatic rings. The van der Waals surface area contributed by atoms with E-state index in [-0.39, 0.29) is 49.4 Å². The lowest BCUT2D eigenvalue weighted by Gasteiger charge is -2.25. The number of pyridine rings is 1. The van der Waals surface area contributed by atoms with Crippen LogP contribution in [0.4, 0.5) is 20.2 Å². The smallest absolute Gasteiger partial charge is 0.341 e. The largest absolute Gasteiger partial charge is 0.477 e. The number of aromatic carboxylic acids is 1. The molecule has 4 rings (SSSR count). The normalized spacial score (nSPS) is 21.2. The number of carbonyl (C=O) groups excluding carboxylic acids is 1. The molecular weight excluding hydrogens is 422 g/mol. The number of anilines is 2. The van der Waals surface area contributed by atoms with Crippen LogP contribution < -0.4 is 21.8 Å². The van der Waals surface area contributed by atoms with E-state index in [9.17, 15) is 19.5 Å². The van der Waals surface area contributed by atoms with Crippen LogP contribution in [0.2, 0.25) is 0 Å². The van der Waals surface area contributed by atoms with Crippen molar-refractivity contribution in [2.45, 2.75) is 25.8 Å². The Hall–Kier alpha value is -2.72. The lowest BCUT2D eigenvalue weighted by atomic mass is 9.89. The van der Waals surface area contributed by atoms with Gasteiger partial charge in [0.05, 0.1) is 28.6 Å². The Morgan fingerprint density at radius 2 is 1.93 bits per heavy atom. The fourth-order valence-corrected chi connectivity index (χ4v) is 3.89. The highest BCUT2D eigenvalue weighted by Crippen LogP contribution is 2.43. The molecule has 2 aromatic rings. The summed E-state index contributed by atoms with van der Waals surface area (Å²) in [7, 11) is 0. The molecule has 1 saturated carbocycles. The number of carboxylic acid groups (broad SMARTS) is 1. The fourth-order valence-electron chi connectivity index (χ4n) is 3.89. The van der Waals surface area contributed by atoms with Crippen molar-refractivity contribution in [1.82, 2.24) is 4.57 Å². The van der Waals surface area contributed by atoms with Gasteiger partial charge in [0.2, 0.25) is 5.43 Å². The maximum absolute atomic E-state index is 15.6. The van der Waals surface area contributed by atoms with Crippen LogP contribution in [-0.4, -0.2) is 41.1 Å². The van der Waals surface area contributed by atoms with Gasteiger partial charge in [-0.2, -0.15) is 0 Å². The van der Waals surface area contributed by atoms with Gasteiger partial charge in [0.1, 0.15) is 11.3 Å². The molecule has 1 aromatic heterocycles. The minimum atomic E-state index is -1.50. The molecule has 0 amide bonds. The van der Waals surface area contributed by atoms with Crippen molar-refractivity contribution in [2.24, 2.45) is 11.1 Å². The van der Waals surface area contributed by atoms with Gasteiger partial charge in [-0.05, 0) is 19.8 Å². The van der Waals surface area contributed by atoms with Crippen LogP contribution in [0.3, 0.4) is 0 Å². The van der Waals surface area contributed by atoms with E-state index in [2.05, 4.69) is 0 Å². The third-order valence-corrected chi connectivity index (χ3v) is 5.85. The molecule has 11 heteroatoms. The SMILES string of the molecule is CC1(CN)CN(c2c(F)c(N)c3c(=O)c(C(=O)O)cn(C4CC4)c3c2F)CC1=O.Cl. The Kier molecular flexibility index (Phi) is 5.28. The molecule has 1 atom stereocenters. The van der Waals surface area contributed by atoms with Gasteiger partial charge in [0.15, 0.2) is 17.4 Å². The number of Topliss-reactive ketones (excluding diaryl/α,β-unsaturated/α-hetero) is 1. The summed E-state index contributed by atoms with van der Waals surface area (Å²) >= 11 is 0. The molecule has 162 valence electrons. The molecule has 8 nitrogen and oxygen atoms in total. The van der Waals surface area contributed by atoms with E-state index in [0.29, 0.717) is 12.8 Å². The van der Waals surface area contributed by atoms with E-state index < -0.39 is 50.8 Å². The number of carbonyl (C=O) groups is 2. The Morgan fingerprint density at radius 1 is 1.30 bits per heavy atom. The lowest BCUT2D eigenvalue weighted by Crippen LogP contribution is -2.35. The first-order valence-electron chi connectivity index (χ1n) is 9.17. The molecule has 2 heterocycles. The van der Waals surface area contributed by atoms with Gasteiger partial charge >= 0.3 is 5.97 Å². The Labute approximate surface area is 175 Å². The highest BCUT2D eigenvalue weighted by Gasteiger charge is 2.43. The molecule has 2 fully saturated rings. The summed E-state index contributed by atoms with van der Waals surface area (Å²) in [5, 5.41) is 8.83. The summed E-state index contributed by atoms with van der Waals surface area (Å²) in [6, 6.07) is -0.210. The number of carboxylic acids is 1. The minimum absolute atomic E-state index is 0. The quantitative estimate of drug-likeness (QED) is 0.613. The van der Waals surface area contributed by atoms with Crippen LogP contribution in [-0.2, 0) is 4.79 Å². The van der Waals surface area contributed by atoms with Crippen molar-refractivity contribution in [3.63, 3.8) is 0 Å².